The Morgan fingerprint density at radius 3 is 2.76 bits per heavy atom. The molecule has 1 aromatic heterocycles. The fourth-order valence-electron chi connectivity index (χ4n) is 3.11. The summed E-state index contributed by atoms with van der Waals surface area (Å²) in [6.45, 7) is 2.22. The summed E-state index contributed by atoms with van der Waals surface area (Å²) >= 11 is 0. The summed E-state index contributed by atoms with van der Waals surface area (Å²) in [6, 6.07) is 11.5. The molecule has 6 nitrogen and oxygen atoms in total. The SMILES string of the molecule is CO[C@@H]1C[C@@H](COc2cccnc2)N(Cc2ccc(C(N)=O)cc2)C1. The fraction of sp³-hybridized carbons (Fsp3) is 0.368. The summed E-state index contributed by atoms with van der Waals surface area (Å²) in [7, 11) is 1.74. The highest BCUT2D eigenvalue weighted by Crippen LogP contribution is 2.23. The van der Waals surface area contributed by atoms with Gasteiger partial charge in [-0.2, -0.15) is 0 Å². The van der Waals surface area contributed by atoms with Gasteiger partial charge in [-0.05, 0) is 36.2 Å². The van der Waals surface area contributed by atoms with E-state index < -0.39 is 5.91 Å². The number of methoxy groups -OCH3 is 1. The van der Waals surface area contributed by atoms with Crippen LogP contribution < -0.4 is 10.5 Å². The van der Waals surface area contributed by atoms with Crippen LogP contribution in [0.5, 0.6) is 5.75 Å². The second kappa shape index (κ2) is 8.09. The van der Waals surface area contributed by atoms with Gasteiger partial charge in [0, 0.05) is 38.0 Å². The molecule has 2 atom stereocenters. The van der Waals surface area contributed by atoms with Gasteiger partial charge in [0.15, 0.2) is 0 Å². The second-order valence-electron chi connectivity index (χ2n) is 6.24. The van der Waals surface area contributed by atoms with Crippen molar-refractivity contribution in [3.63, 3.8) is 0 Å². The number of nitrogens with two attached hydrogens (primary N) is 1. The second-order valence-corrected chi connectivity index (χ2v) is 6.24. The number of carbonyl (C=O) groups is 1. The Morgan fingerprint density at radius 1 is 1.32 bits per heavy atom. The first kappa shape index (κ1) is 17.4. The van der Waals surface area contributed by atoms with Crippen LogP contribution in [0.25, 0.3) is 0 Å². The normalized spacial score (nSPS) is 20.5. The van der Waals surface area contributed by atoms with Crippen molar-refractivity contribution < 1.29 is 14.3 Å². The van der Waals surface area contributed by atoms with Crippen molar-refractivity contribution in [1.82, 2.24) is 9.88 Å². The number of ether oxygens (including phenoxy) is 2. The van der Waals surface area contributed by atoms with Crippen LogP contribution in [0.2, 0.25) is 0 Å². The maximum absolute atomic E-state index is 11.2. The van der Waals surface area contributed by atoms with Gasteiger partial charge < -0.3 is 15.2 Å². The lowest BCUT2D eigenvalue weighted by Gasteiger charge is -2.24. The van der Waals surface area contributed by atoms with E-state index in [1.807, 2.05) is 24.3 Å². The maximum atomic E-state index is 11.2. The van der Waals surface area contributed by atoms with Crippen molar-refractivity contribution in [2.45, 2.75) is 25.1 Å². The minimum absolute atomic E-state index is 0.201. The van der Waals surface area contributed by atoms with Crippen molar-refractivity contribution in [2.24, 2.45) is 5.73 Å². The van der Waals surface area contributed by atoms with Gasteiger partial charge in [0.2, 0.25) is 5.91 Å². The minimum Gasteiger partial charge on any atom is -0.490 e. The third-order valence-corrected chi connectivity index (χ3v) is 4.52. The molecule has 0 unspecified atom stereocenters. The van der Waals surface area contributed by atoms with E-state index in [1.54, 1.807) is 31.6 Å². The smallest absolute Gasteiger partial charge is 0.248 e. The Kier molecular flexibility index (Phi) is 5.63. The lowest BCUT2D eigenvalue weighted by atomic mass is 10.1. The number of amides is 1. The average Bonchev–Trinajstić information content (AvgIpc) is 3.03. The molecule has 1 aliphatic heterocycles. The molecule has 1 aromatic carbocycles. The van der Waals surface area contributed by atoms with Gasteiger partial charge >= 0.3 is 0 Å². The Morgan fingerprint density at radius 2 is 2.12 bits per heavy atom. The van der Waals surface area contributed by atoms with Gasteiger partial charge in [0.05, 0.1) is 12.3 Å². The van der Waals surface area contributed by atoms with E-state index in [0.717, 1.165) is 30.8 Å². The highest BCUT2D eigenvalue weighted by Gasteiger charge is 2.32. The number of hydrogen-bond donors (Lipinski definition) is 1. The summed E-state index contributed by atoms with van der Waals surface area (Å²) < 4.78 is 11.4. The third kappa shape index (κ3) is 4.55. The highest BCUT2D eigenvalue weighted by atomic mass is 16.5. The van der Waals surface area contributed by atoms with Crippen molar-refractivity contribution in [3.8, 4) is 5.75 Å². The summed E-state index contributed by atoms with van der Waals surface area (Å²) in [4.78, 5) is 17.6. The molecule has 1 amide bonds. The fourth-order valence-corrected chi connectivity index (χ4v) is 3.11. The van der Waals surface area contributed by atoms with E-state index >= 15 is 0 Å². The molecule has 2 N–H and O–H groups in total. The zero-order valence-corrected chi connectivity index (χ0v) is 14.3. The first-order chi connectivity index (χ1) is 12.2. The number of likely N-dealkylation sites (tertiary alicyclic amines) is 1. The van der Waals surface area contributed by atoms with Crippen LogP contribution in [0.15, 0.2) is 48.8 Å². The molecule has 132 valence electrons. The van der Waals surface area contributed by atoms with Crippen LogP contribution in [0, 0.1) is 0 Å². The predicted molar refractivity (Wildman–Crippen MR) is 94.3 cm³/mol. The standard InChI is InChI=1S/C19H23N3O3/c1-24-18-9-16(13-25-17-3-2-8-21-10-17)22(12-18)11-14-4-6-15(7-5-14)19(20)23/h2-8,10,16,18H,9,11-13H2,1H3,(H2,20,23)/t16-,18+/m0/s1. The summed E-state index contributed by atoms with van der Waals surface area (Å²) in [5.41, 5.74) is 6.95. The monoisotopic (exact) mass is 341 g/mol. The molecule has 0 aliphatic carbocycles. The molecule has 6 heteroatoms. The highest BCUT2D eigenvalue weighted by molar-refractivity contribution is 5.92. The number of nitrogens with zero attached hydrogens (tertiary/aromatic N) is 2. The maximum Gasteiger partial charge on any atom is 0.248 e. The van der Waals surface area contributed by atoms with Crippen LogP contribution in [0.3, 0.4) is 0 Å². The first-order valence-corrected chi connectivity index (χ1v) is 8.34. The lowest BCUT2D eigenvalue weighted by Crippen LogP contribution is -2.34. The summed E-state index contributed by atoms with van der Waals surface area (Å²) in [5.74, 6) is 0.365. The van der Waals surface area contributed by atoms with Gasteiger partial charge in [0.1, 0.15) is 12.4 Å². The molecule has 0 saturated carbocycles. The molecule has 1 fully saturated rings. The molecule has 3 rings (SSSR count). The van der Waals surface area contributed by atoms with Crippen LogP contribution in [0.4, 0.5) is 0 Å². The topological polar surface area (TPSA) is 77.7 Å². The molecule has 1 saturated heterocycles. The number of rotatable bonds is 7. The van der Waals surface area contributed by atoms with Gasteiger partial charge in [-0.1, -0.05) is 12.1 Å². The van der Waals surface area contributed by atoms with Crippen molar-refractivity contribution in [1.29, 1.82) is 0 Å². The van der Waals surface area contributed by atoms with Gasteiger partial charge in [-0.25, -0.2) is 0 Å². The first-order valence-electron chi connectivity index (χ1n) is 8.34. The molecular weight excluding hydrogens is 318 g/mol. The predicted octanol–water partition coefficient (Wildman–Crippen LogP) is 1.85. The van der Waals surface area contributed by atoms with E-state index in [0.29, 0.717) is 12.2 Å². The van der Waals surface area contributed by atoms with Gasteiger partial charge in [-0.15, -0.1) is 0 Å². The lowest BCUT2D eigenvalue weighted by molar-refractivity contribution is 0.1000. The molecule has 0 spiro atoms. The minimum atomic E-state index is -0.407. The van der Waals surface area contributed by atoms with Crippen LogP contribution >= 0.6 is 0 Å². The van der Waals surface area contributed by atoms with Crippen LogP contribution in [0.1, 0.15) is 22.3 Å². The molecule has 1 aliphatic rings. The Hall–Kier alpha value is -2.44. The van der Waals surface area contributed by atoms with E-state index in [9.17, 15) is 4.79 Å². The van der Waals surface area contributed by atoms with Gasteiger partial charge in [0.25, 0.3) is 0 Å². The Bertz CT molecular complexity index is 691. The molecule has 2 aromatic rings. The number of carbonyl (C=O) groups excluding carboxylic acids is 1. The largest absolute Gasteiger partial charge is 0.490 e. The molecule has 0 bridgehead atoms. The zero-order chi connectivity index (χ0) is 17.6. The Labute approximate surface area is 147 Å². The number of aromatic nitrogens is 1. The number of primary amides is 1. The quantitative estimate of drug-likeness (QED) is 0.831. The summed E-state index contributed by atoms with van der Waals surface area (Å²) in [6.07, 6.45) is 4.57. The zero-order valence-electron chi connectivity index (χ0n) is 14.3. The Balaban J connectivity index is 1.63. The van der Waals surface area contributed by atoms with Crippen molar-refractivity contribution in [2.75, 3.05) is 20.3 Å². The number of hydrogen-bond acceptors (Lipinski definition) is 5. The van der Waals surface area contributed by atoms with E-state index in [-0.39, 0.29) is 12.1 Å². The van der Waals surface area contributed by atoms with Crippen molar-refractivity contribution in [3.05, 3.63) is 59.9 Å². The van der Waals surface area contributed by atoms with E-state index in [2.05, 4.69) is 9.88 Å². The number of benzene rings is 1. The van der Waals surface area contributed by atoms with E-state index in [1.165, 1.54) is 0 Å². The molecular formula is C19H23N3O3. The van der Waals surface area contributed by atoms with Crippen molar-refractivity contribution >= 4 is 5.91 Å². The molecule has 0 radical (unpaired) electrons. The summed E-state index contributed by atoms with van der Waals surface area (Å²) in [5, 5.41) is 0. The van der Waals surface area contributed by atoms with E-state index in [4.69, 9.17) is 15.2 Å². The molecule has 2 heterocycles. The van der Waals surface area contributed by atoms with Crippen LogP contribution in [-0.2, 0) is 11.3 Å². The number of pyridine rings is 1. The van der Waals surface area contributed by atoms with Crippen LogP contribution in [-0.4, -0.2) is 48.2 Å². The van der Waals surface area contributed by atoms with Gasteiger partial charge in [-0.3, -0.25) is 14.7 Å². The average molecular weight is 341 g/mol. The third-order valence-electron chi connectivity index (χ3n) is 4.52. The molecule has 25 heavy (non-hydrogen) atoms.